The zero-order chi connectivity index (χ0) is 19.2. The van der Waals surface area contributed by atoms with Crippen LogP contribution in [0.5, 0.6) is 5.75 Å². The third-order valence-electron chi connectivity index (χ3n) is 4.49. The van der Waals surface area contributed by atoms with E-state index in [2.05, 4.69) is 10.3 Å². The molecule has 3 rings (SSSR count). The molecule has 1 N–H and O–H groups in total. The zero-order valence-electron chi connectivity index (χ0n) is 15.2. The number of halogens is 1. The molecular formula is C20H22ClN3O3. The first-order valence-electron chi connectivity index (χ1n) is 8.86. The van der Waals surface area contributed by atoms with Gasteiger partial charge in [0.15, 0.2) is 6.61 Å². The van der Waals surface area contributed by atoms with Crippen LogP contribution in [-0.2, 0) is 16.1 Å². The van der Waals surface area contributed by atoms with E-state index in [1.54, 1.807) is 35.5 Å². The Morgan fingerprint density at radius 1 is 1.33 bits per heavy atom. The molecule has 0 spiro atoms. The topological polar surface area (TPSA) is 71.5 Å². The highest BCUT2D eigenvalue weighted by molar-refractivity contribution is 6.30. The van der Waals surface area contributed by atoms with Crippen molar-refractivity contribution in [3.8, 4) is 5.75 Å². The van der Waals surface area contributed by atoms with E-state index in [4.69, 9.17) is 16.3 Å². The molecule has 1 atom stereocenters. The van der Waals surface area contributed by atoms with Crippen molar-refractivity contribution in [3.05, 3.63) is 58.9 Å². The number of nitrogens with one attached hydrogen (secondary N) is 1. The average Bonchev–Trinajstić information content (AvgIpc) is 3.06. The minimum Gasteiger partial charge on any atom is -0.483 e. The first-order chi connectivity index (χ1) is 13.0. The SMILES string of the molecule is Cc1cc(Cl)ccc1OCC(=O)N(Cc1ccncc1)C[C@@H]1CCC(=O)N1. The van der Waals surface area contributed by atoms with E-state index in [-0.39, 0.29) is 24.5 Å². The second kappa shape index (κ2) is 8.86. The predicted octanol–water partition coefficient (Wildman–Crippen LogP) is 2.73. The highest BCUT2D eigenvalue weighted by atomic mass is 35.5. The van der Waals surface area contributed by atoms with Gasteiger partial charge in [-0.15, -0.1) is 0 Å². The normalized spacial score (nSPS) is 16.1. The number of nitrogens with zero attached hydrogens (tertiary/aromatic N) is 2. The predicted molar refractivity (Wildman–Crippen MR) is 103 cm³/mol. The molecule has 0 bridgehead atoms. The van der Waals surface area contributed by atoms with Crippen molar-refractivity contribution in [2.24, 2.45) is 0 Å². The number of hydrogen-bond donors (Lipinski definition) is 1. The summed E-state index contributed by atoms with van der Waals surface area (Å²) in [5.41, 5.74) is 1.85. The Balaban J connectivity index is 1.66. The van der Waals surface area contributed by atoms with E-state index in [0.29, 0.717) is 30.3 Å². The third-order valence-corrected chi connectivity index (χ3v) is 4.72. The molecule has 1 aromatic carbocycles. The van der Waals surface area contributed by atoms with Gasteiger partial charge in [-0.2, -0.15) is 0 Å². The second-order valence-electron chi connectivity index (χ2n) is 6.63. The molecule has 1 fully saturated rings. The summed E-state index contributed by atoms with van der Waals surface area (Å²) in [5.74, 6) is 0.525. The number of ether oxygens (including phenoxy) is 1. The van der Waals surface area contributed by atoms with Crippen molar-refractivity contribution >= 4 is 23.4 Å². The summed E-state index contributed by atoms with van der Waals surface area (Å²) >= 11 is 5.96. The molecule has 2 aromatic rings. The van der Waals surface area contributed by atoms with Crippen LogP contribution in [0.3, 0.4) is 0 Å². The summed E-state index contributed by atoms with van der Waals surface area (Å²) < 4.78 is 5.71. The number of aromatic nitrogens is 1. The van der Waals surface area contributed by atoms with Crippen LogP contribution in [0, 0.1) is 6.92 Å². The average molecular weight is 388 g/mol. The summed E-state index contributed by atoms with van der Waals surface area (Å²) in [6.45, 7) is 2.70. The molecule has 1 aliphatic heterocycles. The van der Waals surface area contributed by atoms with Gasteiger partial charge in [0.1, 0.15) is 5.75 Å². The van der Waals surface area contributed by atoms with Crippen LogP contribution in [0.15, 0.2) is 42.7 Å². The lowest BCUT2D eigenvalue weighted by molar-refractivity contribution is -0.134. The molecule has 2 heterocycles. The Bertz CT molecular complexity index is 813. The number of hydrogen-bond acceptors (Lipinski definition) is 4. The smallest absolute Gasteiger partial charge is 0.260 e. The van der Waals surface area contributed by atoms with Crippen LogP contribution in [0.25, 0.3) is 0 Å². The number of amides is 2. The Kier molecular flexibility index (Phi) is 6.29. The van der Waals surface area contributed by atoms with E-state index in [1.165, 1.54) is 0 Å². The molecule has 6 nitrogen and oxygen atoms in total. The fourth-order valence-electron chi connectivity index (χ4n) is 3.05. The molecule has 0 unspecified atom stereocenters. The molecular weight excluding hydrogens is 366 g/mol. The maximum Gasteiger partial charge on any atom is 0.260 e. The fraction of sp³-hybridized carbons (Fsp3) is 0.350. The standard InChI is InChI=1S/C20H22ClN3O3/c1-14-10-16(21)2-4-18(14)27-13-20(26)24(11-15-6-8-22-9-7-15)12-17-3-5-19(25)23-17/h2,4,6-10,17H,3,5,11-13H2,1H3,(H,23,25)/t17-/m0/s1. The van der Waals surface area contributed by atoms with E-state index < -0.39 is 0 Å². The van der Waals surface area contributed by atoms with Crippen molar-refractivity contribution in [2.45, 2.75) is 32.4 Å². The van der Waals surface area contributed by atoms with Gasteiger partial charge < -0.3 is 15.0 Å². The Labute approximate surface area is 163 Å². The fourth-order valence-corrected chi connectivity index (χ4v) is 3.28. The lowest BCUT2D eigenvalue weighted by Gasteiger charge is -2.26. The number of benzene rings is 1. The van der Waals surface area contributed by atoms with Gasteiger partial charge in [0.05, 0.1) is 0 Å². The van der Waals surface area contributed by atoms with Crippen molar-refractivity contribution in [2.75, 3.05) is 13.2 Å². The molecule has 142 valence electrons. The van der Waals surface area contributed by atoms with Crippen LogP contribution in [0.1, 0.15) is 24.0 Å². The van der Waals surface area contributed by atoms with E-state index in [9.17, 15) is 9.59 Å². The molecule has 1 aromatic heterocycles. The van der Waals surface area contributed by atoms with Gasteiger partial charge in [0, 0.05) is 43.0 Å². The summed E-state index contributed by atoms with van der Waals surface area (Å²) in [6.07, 6.45) is 4.63. The quantitative estimate of drug-likeness (QED) is 0.792. The molecule has 1 saturated heterocycles. The van der Waals surface area contributed by atoms with Crippen LogP contribution >= 0.6 is 11.6 Å². The highest BCUT2D eigenvalue weighted by Gasteiger charge is 2.25. The summed E-state index contributed by atoms with van der Waals surface area (Å²) in [7, 11) is 0. The van der Waals surface area contributed by atoms with Gasteiger partial charge in [0.2, 0.25) is 5.91 Å². The van der Waals surface area contributed by atoms with Crippen LogP contribution in [0.2, 0.25) is 5.02 Å². The lowest BCUT2D eigenvalue weighted by atomic mass is 10.2. The monoisotopic (exact) mass is 387 g/mol. The van der Waals surface area contributed by atoms with Gasteiger partial charge in [-0.1, -0.05) is 11.6 Å². The van der Waals surface area contributed by atoms with Crippen molar-refractivity contribution < 1.29 is 14.3 Å². The molecule has 2 amide bonds. The summed E-state index contributed by atoms with van der Waals surface area (Å²) in [4.78, 5) is 30.0. The molecule has 1 aliphatic rings. The minimum atomic E-state index is -0.137. The van der Waals surface area contributed by atoms with Crippen LogP contribution in [0.4, 0.5) is 0 Å². The first kappa shape index (κ1) is 19.2. The van der Waals surface area contributed by atoms with E-state index >= 15 is 0 Å². The van der Waals surface area contributed by atoms with Gasteiger partial charge in [-0.05, 0) is 54.8 Å². The van der Waals surface area contributed by atoms with Gasteiger partial charge in [-0.25, -0.2) is 0 Å². The van der Waals surface area contributed by atoms with Gasteiger partial charge >= 0.3 is 0 Å². The Morgan fingerprint density at radius 3 is 2.78 bits per heavy atom. The first-order valence-corrected chi connectivity index (χ1v) is 9.24. The molecule has 0 radical (unpaired) electrons. The van der Waals surface area contributed by atoms with Crippen molar-refractivity contribution in [1.29, 1.82) is 0 Å². The Morgan fingerprint density at radius 2 is 2.11 bits per heavy atom. The molecule has 0 saturated carbocycles. The van der Waals surface area contributed by atoms with Crippen molar-refractivity contribution in [3.63, 3.8) is 0 Å². The number of rotatable bonds is 7. The third kappa shape index (κ3) is 5.44. The summed E-state index contributed by atoms with van der Waals surface area (Å²) in [5, 5.41) is 3.54. The van der Waals surface area contributed by atoms with Crippen molar-refractivity contribution in [1.82, 2.24) is 15.2 Å². The van der Waals surface area contributed by atoms with Gasteiger partial charge in [-0.3, -0.25) is 14.6 Å². The number of carbonyl (C=O) groups excluding carboxylic acids is 2. The minimum absolute atomic E-state index is 0.0273. The van der Waals surface area contributed by atoms with Crippen LogP contribution < -0.4 is 10.1 Å². The highest BCUT2D eigenvalue weighted by Crippen LogP contribution is 2.22. The largest absolute Gasteiger partial charge is 0.483 e. The Hall–Kier alpha value is -2.60. The molecule has 7 heteroatoms. The number of pyridine rings is 1. The number of aryl methyl sites for hydroxylation is 1. The maximum absolute atomic E-state index is 12.8. The van der Waals surface area contributed by atoms with Gasteiger partial charge in [0.25, 0.3) is 5.91 Å². The maximum atomic E-state index is 12.8. The molecule has 27 heavy (non-hydrogen) atoms. The van der Waals surface area contributed by atoms with Crippen LogP contribution in [-0.4, -0.2) is 40.9 Å². The summed E-state index contributed by atoms with van der Waals surface area (Å²) in [6, 6.07) is 9.01. The van der Waals surface area contributed by atoms with E-state index in [0.717, 1.165) is 17.5 Å². The number of carbonyl (C=O) groups is 2. The molecule has 0 aliphatic carbocycles. The lowest BCUT2D eigenvalue weighted by Crippen LogP contribution is -2.43. The van der Waals surface area contributed by atoms with E-state index in [1.807, 2.05) is 19.1 Å². The second-order valence-corrected chi connectivity index (χ2v) is 7.07. The zero-order valence-corrected chi connectivity index (χ0v) is 15.9.